The highest BCUT2D eigenvalue weighted by Gasteiger charge is 2.37. The highest BCUT2D eigenvalue weighted by Crippen LogP contribution is 2.30. The van der Waals surface area contributed by atoms with Gasteiger partial charge in [-0.05, 0) is 35.0 Å². The maximum absolute atomic E-state index is 11.9. The summed E-state index contributed by atoms with van der Waals surface area (Å²) in [5.41, 5.74) is 0.708. The molecule has 3 atom stereocenters. The molecule has 3 rings (SSSR count). The Labute approximate surface area is 171 Å². The van der Waals surface area contributed by atoms with Gasteiger partial charge in [-0.25, -0.2) is 9.86 Å². The Hall–Kier alpha value is -2.32. The number of amides is 1. The number of ether oxygens (including phenoxy) is 1. The van der Waals surface area contributed by atoms with Gasteiger partial charge in [0.15, 0.2) is 0 Å². The van der Waals surface area contributed by atoms with E-state index in [2.05, 4.69) is 21.2 Å². The Kier molecular flexibility index (Phi) is 6.41. The average Bonchev–Trinajstić information content (AvgIpc) is 3.06. The lowest BCUT2D eigenvalue weighted by Crippen LogP contribution is -2.34. The normalized spacial score (nSPS) is 20.2. The minimum atomic E-state index is -0.968. The van der Waals surface area contributed by atoms with Crippen LogP contribution in [0.4, 0.5) is 5.69 Å². The molecule has 0 saturated carbocycles. The number of carbonyl (C=O) groups excluding carboxylic acids is 1. The van der Waals surface area contributed by atoms with Gasteiger partial charge in [-0.3, -0.25) is 9.63 Å². The van der Waals surface area contributed by atoms with Crippen LogP contribution in [-0.2, 0) is 14.4 Å². The number of halogens is 1. The number of benzene rings is 2. The van der Waals surface area contributed by atoms with E-state index < -0.39 is 12.0 Å². The second-order valence-corrected chi connectivity index (χ2v) is 7.73. The monoisotopic (exact) mass is 450 g/mol. The summed E-state index contributed by atoms with van der Waals surface area (Å²) < 4.78 is 5.23. The largest absolute Gasteiger partial charge is 0.497 e. The lowest BCUT2D eigenvalue weighted by Gasteiger charge is -2.21. The molecule has 1 heterocycles. The molecule has 0 bridgehead atoms. The molecular weight excluding hydrogens is 428 g/mol. The summed E-state index contributed by atoms with van der Waals surface area (Å²) in [6.45, 7) is 1.76. The first-order chi connectivity index (χ1) is 13.4. The third kappa shape index (κ3) is 4.56. The van der Waals surface area contributed by atoms with Crippen LogP contribution in [0.15, 0.2) is 36.4 Å². The number of nitrogens with zero attached hydrogens (tertiary/aromatic N) is 1. The van der Waals surface area contributed by atoms with Crippen LogP contribution in [0.1, 0.15) is 26.2 Å². The van der Waals surface area contributed by atoms with E-state index in [4.69, 9.17) is 9.57 Å². The number of aliphatic carboxylic acids is 1. The number of carboxylic acids is 1. The molecule has 1 fully saturated rings. The maximum atomic E-state index is 11.9. The number of carboxylic acid groups (broad SMARTS) is 1. The zero-order valence-corrected chi connectivity index (χ0v) is 17.3. The quantitative estimate of drug-likeness (QED) is 0.492. The van der Waals surface area contributed by atoms with Gasteiger partial charge in [0.2, 0.25) is 5.91 Å². The number of alkyl halides is 1. The minimum Gasteiger partial charge on any atom is -0.497 e. The molecule has 2 aromatic rings. The first-order valence-electron chi connectivity index (χ1n) is 9.11. The SMILES string of the molecule is CCC(=O)N1OC(C[C@H](Nc2ccc3cc(OC)ccc3c2)C(=O)O)CC1Br. The number of carbonyl (C=O) groups is 2. The van der Waals surface area contributed by atoms with Gasteiger partial charge >= 0.3 is 5.97 Å². The van der Waals surface area contributed by atoms with Crippen molar-refractivity contribution in [1.29, 1.82) is 0 Å². The van der Waals surface area contributed by atoms with E-state index in [-0.39, 0.29) is 23.4 Å². The highest BCUT2D eigenvalue weighted by atomic mass is 79.9. The molecule has 2 aromatic carbocycles. The fourth-order valence-corrected chi connectivity index (χ4v) is 3.96. The zero-order chi connectivity index (χ0) is 20.3. The van der Waals surface area contributed by atoms with Crippen molar-refractivity contribution in [1.82, 2.24) is 5.06 Å². The fraction of sp³-hybridized carbons (Fsp3) is 0.400. The molecule has 7 nitrogen and oxygen atoms in total. The summed E-state index contributed by atoms with van der Waals surface area (Å²) in [4.78, 5) is 29.1. The molecule has 0 aromatic heterocycles. The topological polar surface area (TPSA) is 88.1 Å². The summed E-state index contributed by atoms with van der Waals surface area (Å²) in [7, 11) is 1.62. The third-order valence-corrected chi connectivity index (χ3v) is 5.45. The number of rotatable bonds is 7. The van der Waals surface area contributed by atoms with E-state index in [1.807, 2.05) is 36.4 Å². The molecule has 0 aliphatic carbocycles. The van der Waals surface area contributed by atoms with E-state index in [9.17, 15) is 14.7 Å². The average molecular weight is 451 g/mol. The first kappa shape index (κ1) is 20.4. The predicted molar refractivity (Wildman–Crippen MR) is 110 cm³/mol. The van der Waals surface area contributed by atoms with E-state index in [1.165, 1.54) is 5.06 Å². The number of hydroxylamine groups is 2. The van der Waals surface area contributed by atoms with Crippen LogP contribution in [0.25, 0.3) is 10.8 Å². The Balaban J connectivity index is 1.70. The Morgan fingerprint density at radius 1 is 1.32 bits per heavy atom. The number of nitrogens with one attached hydrogen (secondary N) is 1. The third-order valence-electron chi connectivity index (χ3n) is 4.71. The summed E-state index contributed by atoms with van der Waals surface area (Å²) in [6, 6.07) is 10.5. The van der Waals surface area contributed by atoms with Crippen molar-refractivity contribution in [3.05, 3.63) is 36.4 Å². The van der Waals surface area contributed by atoms with Gasteiger partial charge in [-0.1, -0.05) is 35.0 Å². The van der Waals surface area contributed by atoms with Crippen LogP contribution in [0.3, 0.4) is 0 Å². The lowest BCUT2D eigenvalue weighted by molar-refractivity contribution is -0.182. The molecule has 8 heteroatoms. The molecule has 150 valence electrons. The van der Waals surface area contributed by atoms with Crippen molar-refractivity contribution in [3.8, 4) is 5.75 Å². The maximum Gasteiger partial charge on any atom is 0.326 e. The Morgan fingerprint density at radius 3 is 2.71 bits per heavy atom. The van der Waals surface area contributed by atoms with Crippen LogP contribution in [0.2, 0.25) is 0 Å². The van der Waals surface area contributed by atoms with Crippen molar-refractivity contribution in [2.45, 2.75) is 43.3 Å². The molecule has 0 radical (unpaired) electrons. The molecule has 1 amide bonds. The second kappa shape index (κ2) is 8.79. The molecule has 2 unspecified atom stereocenters. The highest BCUT2D eigenvalue weighted by molar-refractivity contribution is 9.09. The van der Waals surface area contributed by atoms with E-state index in [1.54, 1.807) is 14.0 Å². The van der Waals surface area contributed by atoms with Gasteiger partial charge in [0, 0.05) is 24.9 Å². The summed E-state index contributed by atoms with van der Waals surface area (Å²) in [6.07, 6.45) is 0.746. The van der Waals surface area contributed by atoms with Gasteiger partial charge in [0.05, 0.1) is 13.2 Å². The smallest absolute Gasteiger partial charge is 0.326 e. The fourth-order valence-electron chi connectivity index (χ4n) is 3.22. The predicted octanol–water partition coefficient (Wildman–Crippen LogP) is 3.77. The van der Waals surface area contributed by atoms with Gasteiger partial charge in [-0.2, -0.15) is 0 Å². The van der Waals surface area contributed by atoms with Gasteiger partial charge in [-0.15, -0.1) is 0 Å². The molecule has 1 aliphatic heterocycles. The standard InChI is InChI=1S/C20H23BrN2O5/c1-3-19(24)23-18(21)11-16(28-23)10-17(20(25)26)22-14-6-4-13-9-15(27-2)7-5-12(13)8-14/h4-9,16-18,22H,3,10-11H2,1-2H3,(H,25,26)/t16?,17-,18?/m0/s1. The molecule has 28 heavy (non-hydrogen) atoms. The number of hydrogen-bond acceptors (Lipinski definition) is 5. The van der Waals surface area contributed by atoms with Gasteiger partial charge in [0.1, 0.15) is 16.7 Å². The van der Waals surface area contributed by atoms with Gasteiger partial charge < -0.3 is 15.2 Å². The van der Waals surface area contributed by atoms with E-state index >= 15 is 0 Å². The van der Waals surface area contributed by atoms with Crippen molar-refractivity contribution >= 4 is 44.3 Å². The van der Waals surface area contributed by atoms with Crippen LogP contribution >= 0.6 is 15.9 Å². The Morgan fingerprint density at radius 2 is 2.04 bits per heavy atom. The molecule has 1 aliphatic rings. The molecular formula is C20H23BrN2O5. The lowest BCUT2D eigenvalue weighted by atomic mass is 10.1. The second-order valence-electron chi connectivity index (χ2n) is 6.67. The van der Waals surface area contributed by atoms with Crippen molar-refractivity contribution in [2.24, 2.45) is 0 Å². The molecule has 1 saturated heterocycles. The summed E-state index contributed by atoms with van der Waals surface area (Å²) in [5, 5.41) is 16.0. The first-order valence-corrected chi connectivity index (χ1v) is 10.0. The van der Waals surface area contributed by atoms with E-state index in [0.29, 0.717) is 18.5 Å². The number of hydrogen-bond donors (Lipinski definition) is 2. The Bertz CT molecular complexity index is 875. The van der Waals surface area contributed by atoms with E-state index in [0.717, 1.165) is 16.5 Å². The van der Waals surface area contributed by atoms with Crippen LogP contribution in [0, 0.1) is 0 Å². The van der Waals surface area contributed by atoms with Crippen molar-refractivity contribution < 1.29 is 24.3 Å². The van der Waals surface area contributed by atoms with Crippen molar-refractivity contribution in [3.63, 3.8) is 0 Å². The summed E-state index contributed by atoms with van der Waals surface area (Å²) >= 11 is 3.42. The number of fused-ring (bicyclic) bond motifs is 1. The van der Waals surface area contributed by atoms with Crippen LogP contribution < -0.4 is 10.1 Å². The summed E-state index contributed by atoms with van der Waals surface area (Å²) in [5.74, 6) is -0.329. The molecule has 2 N–H and O–H groups in total. The zero-order valence-electron chi connectivity index (χ0n) is 15.7. The minimum absolute atomic E-state index is 0.130. The van der Waals surface area contributed by atoms with Crippen LogP contribution in [-0.4, -0.2) is 46.3 Å². The van der Waals surface area contributed by atoms with Gasteiger partial charge in [0.25, 0.3) is 0 Å². The number of anilines is 1. The molecule has 0 spiro atoms. The van der Waals surface area contributed by atoms with Crippen molar-refractivity contribution in [2.75, 3.05) is 12.4 Å². The number of methoxy groups -OCH3 is 1. The van der Waals surface area contributed by atoms with Crippen LogP contribution in [0.5, 0.6) is 5.75 Å².